The predicted octanol–water partition coefficient (Wildman–Crippen LogP) is 5.16. The van der Waals surface area contributed by atoms with Crippen molar-refractivity contribution < 1.29 is 5.11 Å². The molecule has 0 aliphatic rings. The van der Waals surface area contributed by atoms with E-state index in [9.17, 15) is 5.11 Å². The molecule has 0 bridgehead atoms. The number of hydrogen-bond donors (Lipinski definition) is 1. The van der Waals surface area contributed by atoms with Crippen LogP contribution in [0.1, 0.15) is 46.4 Å². The molecule has 0 radical (unpaired) electrons. The lowest BCUT2D eigenvalue weighted by Crippen LogP contribution is -2.00. The number of hydrogen-bond acceptors (Lipinski definition) is 1. The standard InChI is InChI=1S/C18H22O.CH4/c1-11-6-12(2)17(13(3)7-11)10-18-14(4)8-16(19)9-15(18)5;/h6-9,19H,10H2,1-5H3;1H4. The minimum atomic E-state index is 0. The SMILES string of the molecule is C.Cc1cc(C)c(Cc2c(C)cc(O)cc2C)c(C)c1. The minimum absolute atomic E-state index is 0. The van der Waals surface area contributed by atoms with E-state index in [2.05, 4.69) is 46.8 Å². The van der Waals surface area contributed by atoms with Gasteiger partial charge in [-0.15, -0.1) is 0 Å². The smallest absolute Gasteiger partial charge is 0.116 e. The van der Waals surface area contributed by atoms with Gasteiger partial charge >= 0.3 is 0 Å². The fourth-order valence-electron chi connectivity index (χ4n) is 2.91. The molecule has 0 aromatic heterocycles. The van der Waals surface area contributed by atoms with Crippen LogP contribution in [0.2, 0.25) is 0 Å². The zero-order chi connectivity index (χ0) is 14.2. The lowest BCUT2D eigenvalue weighted by atomic mass is 9.90. The first-order valence-electron chi connectivity index (χ1n) is 6.74. The quantitative estimate of drug-likeness (QED) is 0.799. The Hall–Kier alpha value is -1.76. The summed E-state index contributed by atoms with van der Waals surface area (Å²) in [6, 6.07) is 8.18. The van der Waals surface area contributed by atoms with Crippen molar-refractivity contribution in [2.24, 2.45) is 0 Å². The summed E-state index contributed by atoms with van der Waals surface area (Å²) in [6.07, 6.45) is 0.940. The summed E-state index contributed by atoms with van der Waals surface area (Å²) in [6.45, 7) is 10.6. The molecular weight excluding hydrogens is 244 g/mol. The molecule has 2 aromatic carbocycles. The Morgan fingerprint density at radius 3 is 1.45 bits per heavy atom. The average molecular weight is 270 g/mol. The van der Waals surface area contributed by atoms with Crippen LogP contribution < -0.4 is 0 Å². The van der Waals surface area contributed by atoms with Gasteiger partial charge in [0.05, 0.1) is 0 Å². The van der Waals surface area contributed by atoms with E-state index in [4.69, 9.17) is 0 Å². The number of aromatic hydroxyl groups is 1. The van der Waals surface area contributed by atoms with E-state index in [0.717, 1.165) is 17.5 Å². The van der Waals surface area contributed by atoms with Gasteiger partial charge in [0.1, 0.15) is 5.75 Å². The summed E-state index contributed by atoms with van der Waals surface area (Å²) < 4.78 is 0. The zero-order valence-corrected chi connectivity index (χ0v) is 12.5. The molecule has 2 rings (SSSR count). The largest absolute Gasteiger partial charge is 0.508 e. The molecule has 1 N–H and O–H groups in total. The van der Waals surface area contributed by atoms with E-state index in [-0.39, 0.29) is 7.43 Å². The summed E-state index contributed by atoms with van der Waals surface area (Å²) in [5.74, 6) is 0.358. The van der Waals surface area contributed by atoms with Gasteiger partial charge < -0.3 is 5.11 Å². The van der Waals surface area contributed by atoms with Crippen LogP contribution in [0.15, 0.2) is 24.3 Å². The molecule has 0 aliphatic carbocycles. The third-order valence-electron chi connectivity index (χ3n) is 3.87. The van der Waals surface area contributed by atoms with Crippen molar-refractivity contribution in [3.63, 3.8) is 0 Å². The van der Waals surface area contributed by atoms with Crippen LogP contribution in [-0.2, 0) is 6.42 Å². The van der Waals surface area contributed by atoms with E-state index in [1.54, 1.807) is 0 Å². The molecule has 0 saturated heterocycles. The molecule has 0 heterocycles. The Morgan fingerprint density at radius 1 is 0.700 bits per heavy atom. The summed E-state index contributed by atoms with van der Waals surface area (Å²) in [7, 11) is 0. The number of phenolic OH excluding ortho intramolecular Hbond substituents is 1. The summed E-state index contributed by atoms with van der Waals surface area (Å²) in [5.41, 5.74) is 9.08. The van der Waals surface area contributed by atoms with Crippen LogP contribution in [0.25, 0.3) is 0 Å². The van der Waals surface area contributed by atoms with Crippen LogP contribution >= 0.6 is 0 Å². The van der Waals surface area contributed by atoms with Gasteiger partial charge in [-0.3, -0.25) is 0 Å². The second-order valence-corrected chi connectivity index (χ2v) is 5.61. The first-order valence-corrected chi connectivity index (χ1v) is 6.74. The maximum Gasteiger partial charge on any atom is 0.116 e. The maximum absolute atomic E-state index is 9.63. The lowest BCUT2D eigenvalue weighted by molar-refractivity contribution is 0.474. The summed E-state index contributed by atoms with van der Waals surface area (Å²) in [5, 5.41) is 9.63. The topological polar surface area (TPSA) is 20.2 Å². The van der Waals surface area contributed by atoms with Gasteiger partial charge in [-0.25, -0.2) is 0 Å². The lowest BCUT2D eigenvalue weighted by Gasteiger charge is -2.15. The van der Waals surface area contributed by atoms with Gasteiger partial charge in [-0.1, -0.05) is 25.1 Å². The molecule has 0 atom stereocenters. The van der Waals surface area contributed by atoms with Gasteiger partial charge in [0.2, 0.25) is 0 Å². The Labute approximate surface area is 123 Å². The van der Waals surface area contributed by atoms with E-state index in [1.165, 1.54) is 27.8 Å². The third kappa shape index (κ3) is 3.22. The van der Waals surface area contributed by atoms with Crippen LogP contribution in [0.4, 0.5) is 0 Å². The fourth-order valence-corrected chi connectivity index (χ4v) is 2.91. The summed E-state index contributed by atoms with van der Waals surface area (Å²) >= 11 is 0. The Kier molecular flexibility index (Phi) is 4.99. The van der Waals surface area contributed by atoms with Crippen LogP contribution in [0.3, 0.4) is 0 Å². The van der Waals surface area contributed by atoms with Crippen LogP contribution in [0.5, 0.6) is 5.75 Å². The molecule has 0 saturated carbocycles. The fraction of sp³-hybridized carbons (Fsp3) is 0.368. The highest BCUT2D eigenvalue weighted by atomic mass is 16.3. The molecule has 0 unspecified atom stereocenters. The van der Waals surface area contributed by atoms with E-state index >= 15 is 0 Å². The van der Waals surface area contributed by atoms with Crippen molar-refractivity contribution in [2.75, 3.05) is 0 Å². The van der Waals surface area contributed by atoms with Crippen molar-refractivity contribution in [1.29, 1.82) is 0 Å². The maximum atomic E-state index is 9.63. The molecule has 0 fully saturated rings. The highest BCUT2D eigenvalue weighted by Gasteiger charge is 2.10. The predicted molar refractivity (Wildman–Crippen MR) is 87.8 cm³/mol. The molecule has 1 heteroatoms. The van der Waals surface area contributed by atoms with E-state index < -0.39 is 0 Å². The third-order valence-corrected chi connectivity index (χ3v) is 3.87. The molecule has 0 spiro atoms. The number of rotatable bonds is 2. The normalized spacial score (nSPS) is 10.2. The molecule has 108 valence electrons. The first-order chi connectivity index (χ1) is 8.88. The molecule has 20 heavy (non-hydrogen) atoms. The van der Waals surface area contributed by atoms with Crippen molar-refractivity contribution in [2.45, 2.75) is 48.5 Å². The minimum Gasteiger partial charge on any atom is -0.508 e. The van der Waals surface area contributed by atoms with Crippen molar-refractivity contribution in [3.8, 4) is 5.75 Å². The molecular formula is C19H26O. The van der Waals surface area contributed by atoms with Gasteiger partial charge in [-0.2, -0.15) is 0 Å². The molecule has 2 aromatic rings. The van der Waals surface area contributed by atoms with E-state index in [0.29, 0.717) is 5.75 Å². The van der Waals surface area contributed by atoms with Crippen LogP contribution in [-0.4, -0.2) is 5.11 Å². The highest BCUT2D eigenvalue weighted by molar-refractivity contribution is 5.46. The molecule has 1 nitrogen and oxygen atoms in total. The molecule has 0 aliphatic heterocycles. The number of benzene rings is 2. The summed E-state index contributed by atoms with van der Waals surface area (Å²) in [4.78, 5) is 0. The average Bonchev–Trinajstić information content (AvgIpc) is 2.25. The zero-order valence-electron chi connectivity index (χ0n) is 12.5. The number of aryl methyl sites for hydroxylation is 5. The van der Waals surface area contributed by atoms with Gasteiger partial charge in [0, 0.05) is 0 Å². The molecule has 0 amide bonds. The van der Waals surface area contributed by atoms with Crippen molar-refractivity contribution in [3.05, 3.63) is 63.2 Å². The number of phenols is 1. The second kappa shape index (κ2) is 6.13. The van der Waals surface area contributed by atoms with Crippen LogP contribution in [0, 0.1) is 34.6 Å². The first kappa shape index (κ1) is 16.3. The van der Waals surface area contributed by atoms with Gasteiger partial charge in [-0.05, 0) is 86.6 Å². The van der Waals surface area contributed by atoms with E-state index in [1.807, 2.05) is 12.1 Å². The Bertz CT molecular complexity index is 522. The van der Waals surface area contributed by atoms with Crippen molar-refractivity contribution in [1.82, 2.24) is 0 Å². The van der Waals surface area contributed by atoms with Gasteiger partial charge in [0.25, 0.3) is 0 Å². The second-order valence-electron chi connectivity index (χ2n) is 5.61. The Morgan fingerprint density at radius 2 is 1.05 bits per heavy atom. The highest BCUT2D eigenvalue weighted by Crippen LogP contribution is 2.26. The Balaban J connectivity index is 0.00000200. The van der Waals surface area contributed by atoms with Gasteiger partial charge in [0.15, 0.2) is 0 Å². The van der Waals surface area contributed by atoms with Crippen molar-refractivity contribution >= 4 is 0 Å². The monoisotopic (exact) mass is 270 g/mol.